The van der Waals surface area contributed by atoms with Gasteiger partial charge in [0.1, 0.15) is 11.3 Å². The Hall–Kier alpha value is -8.54. The number of hydrogen-bond donors (Lipinski definition) is 0. The van der Waals surface area contributed by atoms with Gasteiger partial charge in [0.2, 0.25) is 0 Å². The summed E-state index contributed by atoms with van der Waals surface area (Å²) in [6.45, 7) is 32.7. The standard InChI is InChI=1S/C79H76BN3O/c1-75(2,3)52-27-33-56(34-28-52)82-68-40-31-54(77(7,8)9)44-65(68)80-66-45-55(78(10,11)12)32-41-69(66)83(57-35-29-53(30-36-57)76(4,5)6)71-48-59(47-70(82)74(71)80)81(67-24-19-22-49-20-15-17-23-60(49)67)58-37-39-62-61-38-26-51(42-63(61)79(13,14)64(62)46-58)73-43-50-21-16-18-25-72(50)84-73/h15-48H,1-14H3. The third-order valence-electron chi connectivity index (χ3n) is 18.7. The molecule has 0 radical (unpaired) electrons. The van der Waals surface area contributed by atoms with E-state index in [-0.39, 0.29) is 33.8 Å². The summed E-state index contributed by atoms with van der Waals surface area (Å²) in [5, 5.41) is 3.49. The molecular weight excluding hydrogens is 1020 g/mol. The van der Waals surface area contributed by atoms with Crippen LogP contribution in [0.3, 0.4) is 0 Å². The van der Waals surface area contributed by atoms with E-state index in [0.717, 1.165) is 50.7 Å². The first-order valence-electron chi connectivity index (χ1n) is 30.3. The van der Waals surface area contributed by atoms with E-state index in [9.17, 15) is 0 Å². The van der Waals surface area contributed by atoms with Gasteiger partial charge in [0.15, 0.2) is 0 Å². The van der Waals surface area contributed by atoms with Crippen LogP contribution in [0.2, 0.25) is 0 Å². The molecule has 0 unspecified atom stereocenters. The molecule has 1 aromatic heterocycles. The molecule has 0 saturated heterocycles. The molecule has 2 aliphatic heterocycles. The zero-order chi connectivity index (χ0) is 58.6. The highest BCUT2D eigenvalue weighted by Gasteiger charge is 2.46. The van der Waals surface area contributed by atoms with Crippen molar-refractivity contribution >= 4 is 96.0 Å². The molecule has 1 aliphatic carbocycles. The van der Waals surface area contributed by atoms with Gasteiger partial charge in [-0.05, 0) is 173 Å². The third kappa shape index (κ3) is 8.63. The van der Waals surface area contributed by atoms with E-state index in [1.54, 1.807) is 0 Å². The Kier molecular flexibility index (Phi) is 11.9. The second-order valence-corrected chi connectivity index (χ2v) is 28.7. The number of benzene rings is 10. The lowest BCUT2D eigenvalue weighted by Gasteiger charge is -2.45. The number of para-hydroxylation sites is 1. The van der Waals surface area contributed by atoms with Crippen LogP contribution in [0, 0.1) is 0 Å². The maximum atomic E-state index is 6.48. The minimum atomic E-state index is -0.320. The predicted octanol–water partition coefficient (Wildman–Crippen LogP) is 20.3. The Balaban J connectivity index is 1.06. The van der Waals surface area contributed by atoms with Crippen LogP contribution in [0.1, 0.15) is 130 Å². The minimum absolute atomic E-state index is 0.0107. The Morgan fingerprint density at radius 2 is 0.893 bits per heavy atom. The molecule has 0 atom stereocenters. The van der Waals surface area contributed by atoms with Gasteiger partial charge in [-0.25, -0.2) is 0 Å². The van der Waals surface area contributed by atoms with Crippen LogP contribution in [0.15, 0.2) is 211 Å². The molecular formula is C79H76BN3O. The van der Waals surface area contributed by atoms with Gasteiger partial charge in [-0.1, -0.05) is 218 Å². The van der Waals surface area contributed by atoms with Crippen LogP contribution in [0.25, 0.3) is 44.2 Å². The lowest BCUT2D eigenvalue weighted by Crippen LogP contribution is -2.61. The quantitative estimate of drug-likeness (QED) is 0.155. The van der Waals surface area contributed by atoms with Crippen LogP contribution in [-0.4, -0.2) is 6.71 Å². The Bertz CT molecular complexity index is 4270. The molecule has 0 N–H and O–H groups in total. The van der Waals surface area contributed by atoms with Crippen molar-refractivity contribution in [2.75, 3.05) is 14.7 Å². The molecule has 11 aromatic rings. The normalized spacial score (nSPS) is 14.3. The third-order valence-corrected chi connectivity index (χ3v) is 18.7. The number of anilines is 9. The van der Waals surface area contributed by atoms with Crippen molar-refractivity contribution in [2.24, 2.45) is 0 Å². The van der Waals surface area contributed by atoms with Crippen LogP contribution >= 0.6 is 0 Å². The van der Waals surface area contributed by atoms with E-state index in [2.05, 4.69) is 312 Å². The van der Waals surface area contributed by atoms with E-state index < -0.39 is 0 Å². The van der Waals surface area contributed by atoms with Crippen LogP contribution in [0.5, 0.6) is 0 Å². The Morgan fingerprint density at radius 3 is 1.44 bits per heavy atom. The smallest absolute Gasteiger partial charge is 0.252 e. The summed E-state index contributed by atoms with van der Waals surface area (Å²) in [6.07, 6.45) is 0. The summed E-state index contributed by atoms with van der Waals surface area (Å²) in [4.78, 5) is 7.75. The summed E-state index contributed by atoms with van der Waals surface area (Å²) < 4.78 is 6.48. The first-order valence-corrected chi connectivity index (χ1v) is 30.3. The average Bonchev–Trinajstić information content (AvgIpc) is 1.12. The number of fused-ring (bicyclic) bond motifs is 9. The summed E-state index contributed by atoms with van der Waals surface area (Å²) in [5.74, 6) is 0.889. The van der Waals surface area contributed by atoms with Crippen LogP contribution < -0.4 is 31.1 Å². The van der Waals surface area contributed by atoms with E-state index in [1.807, 2.05) is 6.07 Å². The summed E-state index contributed by atoms with van der Waals surface area (Å²) in [5.41, 5.74) is 26.2. The molecule has 14 rings (SSSR count). The van der Waals surface area contributed by atoms with Gasteiger partial charge in [0.05, 0.1) is 11.4 Å². The number of furan rings is 1. The van der Waals surface area contributed by atoms with Crippen molar-refractivity contribution in [3.63, 3.8) is 0 Å². The Labute approximate surface area is 498 Å². The van der Waals surface area contributed by atoms with Crippen molar-refractivity contribution in [3.05, 3.63) is 240 Å². The Morgan fingerprint density at radius 1 is 0.405 bits per heavy atom. The van der Waals surface area contributed by atoms with Crippen molar-refractivity contribution in [3.8, 4) is 22.5 Å². The number of hydrogen-bond acceptors (Lipinski definition) is 4. The van der Waals surface area contributed by atoms with E-state index >= 15 is 0 Å². The molecule has 3 aliphatic rings. The predicted molar refractivity (Wildman–Crippen MR) is 360 cm³/mol. The van der Waals surface area contributed by atoms with Gasteiger partial charge in [-0.2, -0.15) is 0 Å². The van der Waals surface area contributed by atoms with Gasteiger partial charge >= 0.3 is 0 Å². The lowest BCUT2D eigenvalue weighted by molar-refractivity contribution is 0.590. The molecule has 10 aromatic carbocycles. The molecule has 5 heteroatoms. The second kappa shape index (κ2) is 18.7. The monoisotopic (exact) mass is 1090 g/mol. The van der Waals surface area contributed by atoms with Gasteiger partial charge in [-0.3, -0.25) is 0 Å². The molecule has 84 heavy (non-hydrogen) atoms. The van der Waals surface area contributed by atoms with Gasteiger partial charge in [0, 0.05) is 61.6 Å². The fraction of sp³-hybridized carbons (Fsp3) is 0.241. The van der Waals surface area contributed by atoms with Gasteiger partial charge < -0.3 is 19.1 Å². The van der Waals surface area contributed by atoms with Crippen molar-refractivity contribution in [2.45, 2.75) is 124 Å². The van der Waals surface area contributed by atoms with Crippen LogP contribution in [-0.2, 0) is 27.1 Å². The topological polar surface area (TPSA) is 22.9 Å². The highest BCUT2D eigenvalue weighted by molar-refractivity contribution is 7.00. The van der Waals surface area contributed by atoms with Crippen LogP contribution in [0.4, 0.5) is 51.2 Å². The average molecular weight is 1090 g/mol. The SMILES string of the molecule is CC(C)(C)c1ccc(N2c3ccc(C(C)(C)C)cc3B3c4cc(C(C)(C)C)ccc4N(c4ccc(C(C)(C)C)cc4)c4cc(N(c5ccc6c(c5)C(C)(C)c5cc(-c7cc8ccccc8o7)ccc5-6)c5cccc6ccccc56)cc2c43)cc1. The highest BCUT2D eigenvalue weighted by atomic mass is 16.3. The van der Waals surface area contributed by atoms with Gasteiger partial charge in [0.25, 0.3) is 6.71 Å². The maximum Gasteiger partial charge on any atom is 0.252 e. The molecule has 0 spiro atoms. The fourth-order valence-electron chi connectivity index (χ4n) is 13.8. The first-order chi connectivity index (χ1) is 39.9. The molecule has 416 valence electrons. The zero-order valence-corrected chi connectivity index (χ0v) is 51.5. The first kappa shape index (κ1) is 53.5. The second-order valence-electron chi connectivity index (χ2n) is 28.7. The van der Waals surface area contributed by atoms with Crippen molar-refractivity contribution in [1.82, 2.24) is 0 Å². The lowest BCUT2D eigenvalue weighted by atomic mass is 9.33. The molecule has 3 heterocycles. The van der Waals surface area contributed by atoms with E-state index in [0.29, 0.717) is 0 Å². The van der Waals surface area contributed by atoms with Crippen molar-refractivity contribution in [1.29, 1.82) is 0 Å². The molecule has 0 amide bonds. The molecule has 0 bridgehead atoms. The van der Waals surface area contributed by atoms with E-state index in [4.69, 9.17) is 4.42 Å². The minimum Gasteiger partial charge on any atom is -0.456 e. The largest absolute Gasteiger partial charge is 0.456 e. The highest BCUT2D eigenvalue weighted by Crippen LogP contribution is 2.54. The molecule has 0 saturated carbocycles. The number of nitrogens with zero attached hydrogens (tertiary/aromatic N) is 3. The zero-order valence-electron chi connectivity index (χ0n) is 51.5. The van der Waals surface area contributed by atoms with Gasteiger partial charge in [-0.15, -0.1) is 0 Å². The molecule has 4 nitrogen and oxygen atoms in total. The summed E-state index contributed by atoms with van der Waals surface area (Å²) in [6, 6.07) is 78.9. The summed E-state index contributed by atoms with van der Waals surface area (Å²) in [7, 11) is 0. The molecule has 0 fully saturated rings. The number of rotatable bonds is 6. The van der Waals surface area contributed by atoms with Crippen molar-refractivity contribution < 1.29 is 4.42 Å². The fourth-order valence-corrected chi connectivity index (χ4v) is 13.8. The van der Waals surface area contributed by atoms with E-state index in [1.165, 1.54) is 94.4 Å². The maximum absolute atomic E-state index is 6.48. The summed E-state index contributed by atoms with van der Waals surface area (Å²) >= 11 is 0.